The van der Waals surface area contributed by atoms with E-state index in [1.807, 2.05) is 0 Å². The van der Waals surface area contributed by atoms with Crippen LogP contribution in [0, 0.1) is 14.9 Å². The molecule has 2 saturated heterocycles. The van der Waals surface area contributed by atoms with E-state index in [0.29, 0.717) is 0 Å². The molecule has 4 atom stereocenters. The molecule has 2 fully saturated rings. The van der Waals surface area contributed by atoms with Crippen molar-refractivity contribution < 1.29 is 36.7 Å². The van der Waals surface area contributed by atoms with Crippen LogP contribution >= 0.6 is 15.8 Å². The van der Waals surface area contributed by atoms with E-state index in [1.165, 1.54) is 25.7 Å². The van der Waals surface area contributed by atoms with Crippen molar-refractivity contribution in [3.8, 4) is 0 Å². The molecule has 0 radical (unpaired) electrons. The fourth-order valence-corrected chi connectivity index (χ4v) is 13.2. The normalized spacial score (nSPS) is 28.9. The molecule has 0 aromatic heterocycles. The van der Waals surface area contributed by atoms with Gasteiger partial charge in [0.05, 0.1) is 35.0 Å². The van der Waals surface area contributed by atoms with Crippen molar-refractivity contribution >= 4 is 23.1 Å². The van der Waals surface area contributed by atoms with Crippen LogP contribution < -0.4 is 0 Å². The summed E-state index contributed by atoms with van der Waals surface area (Å²) in [7, 11) is -5.95. The first kappa shape index (κ1) is 37.3. The van der Waals surface area contributed by atoms with Crippen molar-refractivity contribution in [1.82, 2.24) is 0 Å². The summed E-state index contributed by atoms with van der Waals surface area (Å²) in [5.41, 5.74) is 4.48. The summed E-state index contributed by atoms with van der Waals surface area (Å²) < 4.78 is 39.0. The Balaban J connectivity index is -0.000000448. The first-order valence-corrected chi connectivity index (χ1v) is 15.2. The average molecular weight is 588 g/mol. The van der Waals surface area contributed by atoms with Gasteiger partial charge in [-0.05, 0) is 79.1 Å². The van der Waals surface area contributed by atoms with E-state index in [-0.39, 0.29) is 50.2 Å². The summed E-state index contributed by atoms with van der Waals surface area (Å²) in [5.74, 6) is 0. The summed E-state index contributed by atoms with van der Waals surface area (Å²) in [6.45, 7) is 10.2. The smallest absolute Gasteiger partial charge is 0.418 e. The molecular formula is C24H48BF4P2Rh+2. The molecule has 2 aliphatic heterocycles. The number of hydrogen-bond acceptors (Lipinski definition) is 0. The summed E-state index contributed by atoms with van der Waals surface area (Å²) in [6.07, 6.45) is 23.5. The van der Waals surface area contributed by atoms with Gasteiger partial charge in [0.15, 0.2) is 0 Å². The third-order valence-electron chi connectivity index (χ3n) is 6.63. The Kier molecular flexibility index (Phi) is 23.3. The molecule has 1 aliphatic carbocycles. The molecule has 0 N–H and O–H groups in total. The van der Waals surface area contributed by atoms with Crippen molar-refractivity contribution in [2.45, 2.75) is 102 Å². The van der Waals surface area contributed by atoms with Gasteiger partial charge < -0.3 is 32.1 Å². The van der Waals surface area contributed by atoms with Gasteiger partial charge in [0.25, 0.3) is 0 Å². The zero-order valence-corrected chi connectivity index (χ0v) is 24.8. The van der Waals surface area contributed by atoms with Crippen LogP contribution in [0.15, 0.2) is 24.3 Å². The van der Waals surface area contributed by atoms with Crippen LogP contribution in [0.1, 0.15) is 79.1 Å². The van der Waals surface area contributed by atoms with E-state index < -0.39 is 7.25 Å². The van der Waals surface area contributed by atoms with Gasteiger partial charge in [-0.3, -0.25) is 0 Å². The summed E-state index contributed by atoms with van der Waals surface area (Å²) in [6, 6.07) is 0. The molecule has 3 rings (SSSR count). The molecule has 0 nitrogen and oxygen atoms in total. The van der Waals surface area contributed by atoms with Crippen LogP contribution in [0.25, 0.3) is 0 Å². The molecular weight excluding hydrogens is 540 g/mol. The molecule has 0 aromatic rings. The molecule has 2 heterocycles. The average Bonchev–Trinajstić information content (AvgIpc) is 3.06. The fourth-order valence-electron chi connectivity index (χ4n) is 4.84. The number of halogens is 4. The minimum Gasteiger partial charge on any atom is -0.418 e. The van der Waals surface area contributed by atoms with Gasteiger partial charge in [-0.15, -0.1) is 0 Å². The van der Waals surface area contributed by atoms with E-state index in [4.69, 9.17) is 0 Å². The number of rotatable bonds is 3. The Morgan fingerprint density at radius 1 is 0.594 bits per heavy atom. The Morgan fingerprint density at radius 2 is 0.781 bits per heavy atom. The SMILES string of the molecule is C1=CCC/C=C\CC1.C[C@H]1CC[C@H](C)[PH+]1CC[PH+]1[C@@H](C)CC[C@@H]1C.F[B-](F)(F)F.[CH3-].[CH3-].[Rh+3]. The first-order valence-electron chi connectivity index (χ1n) is 11.5. The molecule has 0 amide bonds. The van der Waals surface area contributed by atoms with E-state index in [1.54, 1.807) is 38.0 Å². The standard InChI is InChI=1S/C14H28P2.C8H12.2CH3.BF4.Rh/c1-11-5-6-12(2)15(11)9-10-16-13(3)7-8-14(16)4;1-2-4-6-8-7-5-3-1;;;2-1(3,4)5;/h11-14H,5-10H2,1-4H3;1-2,7-8H,3-6H2;2*1H3;;/q;;3*-1;+3/p+2/b;2-1-,8-7?;;;;/t11-,12-,13-,14-;;;;;/m0...../s1. The molecule has 32 heavy (non-hydrogen) atoms. The van der Waals surface area contributed by atoms with Crippen molar-refractivity contribution in [2.75, 3.05) is 12.3 Å². The van der Waals surface area contributed by atoms with Gasteiger partial charge >= 0.3 is 26.7 Å². The maximum atomic E-state index is 9.75. The van der Waals surface area contributed by atoms with Crippen LogP contribution in [0.3, 0.4) is 0 Å². The largest absolute Gasteiger partial charge is 3.00 e. The topological polar surface area (TPSA) is 0 Å². The summed E-state index contributed by atoms with van der Waals surface area (Å²) in [5, 5.41) is 0. The van der Waals surface area contributed by atoms with Gasteiger partial charge in [-0.25, -0.2) is 0 Å². The van der Waals surface area contributed by atoms with Gasteiger partial charge in [0.1, 0.15) is 0 Å². The molecule has 0 unspecified atom stereocenters. The third kappa shape index (κ3) is 17.2. The second kappa shape index (κ2) is 20.0. The summed E-state index contributed by atoms with van der Waals surface area (Å²) in [4.78, 5) is 0. The molecule has 192 valence electrons. The quantitative estimate of drug-likeness (QED) is 0.101. The van der Waals surface area contributed by atoms with Crippen LogP contribution in [-0.2, 0) is 19.5 Å². The van der Waals surface area contributed by atoms with Crippen molar-refractivity contribution in [1.29, 1.82) is 0 Å². The maximum Gasteiger partial charge on any atom is 3.00 e. The molecule has 0 spiro atoms. The van der Waals surface area contributed by atoms with Crippen molar-refractivity contribution in [3.63, 3.8) is 0 Å². The third-order valence-corrected chi connectivity index (χ3v) is 15.0. The van der Waals surface area contributed by atoms with Gasteiger partial charge in [-0.1, -0.05) is 24.3 Å². The van der Waals surface area contributed by atoms with Gasteiger partial charge in [-0.2, -0.15) is 0 Å². The molecule has 8 heteroatoms. The predicted octanol–water partition coefficient (Wildman–Crippen LogP) is 9.43. The Hall–Kier alpha value is 0.748. The van der Waals surface area contributed by atoms with Gasteiger partial charge in [0, 0.05) is 15.8 Å². The van der Waals surface area contributed by atoms with Crippen LogP contribution in [-0.4, -0.2) is 42.2 Å². The van der Waals surface area contributed by atoms with Gasteiger partial charge in [0.2, 0.25) is 0 Å². The first-order chi connectivity index (χ1) is 13.6. The number of allylic oxidation sites excluding steroid dienone is 4. The van der Waals surface area contributed by atoms with Crippen LogP contribution in [0.5, 0.6) is 0 Å². The second-order valence-electron chi connectivity index (χ2n) is 9.00. The maximum absolute atomic E-state index is 9.75. The molecule has 0 saturated carbocycles. The van der Waals surface area contributed by atoms with Crippen molar-refractivity contribution in [2.24, 2.45) is 0 Å². The number of hydrogen-bond donors (Lipinski definition) is 0. The monoisotopic (exact) mass is 588 g/mol. The minimum absolute atomic E-state index is 0. The van der Waals surface area contributed by atoms with Crippen molar-refractivity contribution in [3.05, 3.63) is 39.2 Å². The van der Waals surface area contributed by atoms with E-state index in [9.17, 15) is 17.3 Å². The second-order valence-corrected chi connectivity index (χ2v) is 16.2. The fraction of sp³-hybridized carbons (Fsp3) is 0.750. The Morgan fingerprint density at radius 3 is 0.969 bits per heavy atom. The van der Waals surface area contributed by atoms with E-state index >= 15 is 0 Å². The van der Waals surface area contributed by atoms with Crippen LogP contribution in [0.2, 0.25) is 0 Å². The van der Waals surface area contributed by atoms with Crippen LogP contribution in [0.4, 0.5) is 17.3 Å². The van der Waals surface area contributed by atoms with E-state index in [2.05, 4.69) is 52.0 Å². The zero-order chi connectivity index (χ0) is 21.9. The Bertz CT molecular complexity index is 427. The Labute approximate surface area is 212 Å². The molecule has 3 aliphatic rings. The molecule has 0 aromatic carbocycles. The minimum atomic E-state index is -6.00. The summed E-state index contributed by atoms with van der Waals surface area (Å²) >= 11 is 0. The predicted molar refractivity (Wildman–Crippen MR) is 142 cm³/mol. The zero-order valence-electron chi connectivity index (χ0n) is 21.1. The molecule has 0 bridgehead atoms. The van der Waals surface area contributed by atoms with E-state index in [0.717, 1.165) is 22.6 Å².